The molecule has 124 valence electrons. The smallest absolute Gasteiger partial charge is 0.193 e. The number of nitrogens with zero attached hydrogens (tertiary/aromatic N) is 2. The SMILES string of the molecule is CCNC(=NCCc1ccc(Cl)s1)N(C)CCOCC1CC1. The van der Waals surface area contributed by atoms with Gasteiger partial charge < -0.3 is 15.0 Å². The van der Waals surface area contributed by atoms with E-state index in [9.17, 15) is 0 Å². The van der Waals surface area contributed by atoms with Crippen LogP contribution < -0.4 is 5.32 Å². The highest BCUT2D eigenvalue weighted by Gasteiger charge is 2.21. The highest BCUT2D eigenvalue weighted by Crippen LogP contribution is 2.28. The monoisotopic (exact) mass is 343 g/mol. The Morgan fingerprint density at radius 1 is 1.50 bits per heavy atom. The van der Waals surface area contributed by atoms with Crippen molar-refractivity contribution in [1.82, 2.24) is 10.2 Å². The normalized spacial score (nSPS) is 15.1. The van der Waals surface area contributed by atoms with E-state index >= 15 is 0 Å². The Hall–Kier alpha value is -0.780. The summed E-state index contributed by atoms with van der Waals surface area (Å²) < 4.78 is 6.54. The van der Waals surface area contributed by atoms with Crippen LogP contribution in [0.1, 0.15) is 24.6 Å². The maximum absolute atomic E-state index is 5.95. The number of rotatable bonds is 9. The summed E-state index contributed by atoms with van der Waals surface area (Å²) in [5, 5.41) is 3.33. The number of aliphatic imine (C=N–C) groups is 1. The van der Waals surface area contributed by atoms with Gasteiger partial charge in [0.2, 0.25) is 0 Å². The maximum atomic E-state index is 5.95. The average molecular weight is 344 g/mol. The van der Waals surface area contributed by atoms with Crippen molar-refractivity contribution < 1.29 is 4.74 Å². The Morgan fingerprint density at radius 2 is 2.32 bits per heavy atom. The third kappa shape index (κ3) is 6.55. The van der Waals surface area contributed by atoms with Crippen molar-refractivity contribution in [3.05, 3.63) is 21.3 Å². The maximum Gasteiger partial charge on any atom is 0.193 e. The standard InChI is InChI=1S/C16H26ClN3OS/c1-3-18-16(19-9-8-14-6-7-15(17)22-14)20(2)10-11-21-12-13-4-5-13/h6-7,13H,3-5,8-12H2,1-2H3,(H,18,19). The minimum atomic E-state index is 0.762. The molecule has 1 aliphatic rings. The lowest BCUT2D eigenvalue weighted by atomic mass is 10.3. The average Bonchev–Trinajstić information content (AvgIpc) is 3.24. The first-order valence-corrected chi connectivity index (χ1v) is 9.20. The second-order valence-electron chi connectivity index (χ2n) is 5.63. The van der Waals surface area contributed by atoms with E-state index in [4.69, 9.17) is 16.3 Å². The van der Waals surface area contributed by atoms with E-state index in [1.165, 1.54) is 17.7 Å². The minimum absolute atomic E-state index is 0.762. The molecule has 1 aliphatic carbocycles. The summed E-state index contributed by atoms with van der Waals surface area (Å²) in [5.74, 6) is 1.77. The molecule has 1 saturated carbocycles. The van der Waals surface area contributed by atoms with Gasteiger partial charge in [-0.2, -0.15) is 0 Å². The molecule has 2 rings (SSSR count). The molecule has 4 nitrogen and oxygen atoms in total. The lowest BCUT2D eigenvalue weighted by Gasteiger charge is -2.22. The van der Waals surface area contributed by atoms with E-state index in [2.05, 4.69) is 35.2 Å². The first-order valence-electron chi connectivity index (χ1n) is 8.00. The molecule has 0 aromatic carbocycles. The highest BCUT2D eigenvalue weighted by atomic mass is 35.5. The predicted molar refractivity (Wildman–Crippen MR) is 95.2 cm³/mol. The van der Waals surface area contributed by atoms with Gasteiger partial charge in [0.25, 0.3) is 0 Å². The number of hydrogen-bond acceptors (Lipinski definition) is 3. The number of likely N-dealkylation sites (N-methyl/N-ethyl adjacent to an activating group) is 1. The van der Waals surface area contributed by atoms with E-state index in [1.54, 1.807) is 11.3 Å². The minimum Gasteiger partial charge on any atom is -0.379 e. The number of hydrogen-bond donors (Lipinski definition) is 1. The number of halogens is 1. The van der Waals surface area contributed by atoms with Crippen molar-refractivity contribution >= 4 is 28.9 Å². The van der Waals surface area contributed by atoms with Crippen LogP contribution in [0.4, 0.5) is 0 Å². The van der Waals surface area contributed by atoms with Gasteiger partial charge in [-0.15, -0.1) is 11.3 Å². The van der Waals surface area contributed by atoms with E-state index < -0.39 is 0 Å². The van der Waals surface area contributed by atoms with Crippen LogP contribution in [-0.4, -0.2) is 50.8 Å². The lowest BCUT2D eigenvalue weighted by molar-refractivity contribution is 0.115. The van der Waals surface area contributed by atoms with Gasteiger partial charge >= 0.3 is 0 Å². The third-order valence-corrected chi connectivity index (χ3v) is 4.86. The van der Waals surface area contributed by atoms with Gasteiger partial charge in [-0.25, -0.2) is 0 Å². The Kier molecular flexibility index (Phi) is 7.49. The molecule has 1 aromatic rings. The van der Waals surface area contributed by atoms with Crippen molar-refractivity contribution in [1.29, 1.82) is 0 Å². The first-order chi connectivity index (χ1) is 10.7. The van der Waals surface area contributed by atoms with E-state index in [0.717, 1.165) is 55.5 Å². The fourth-order valence-corrected chi connectivity index (χ4v) is 3.15. The Balaban J connectivity index is 1.71. The van der Waals surface area contributed by atoms with E-state index in [1.807, 2.05) is 6.07 Å². The Morgan fingerprint density at radius 3 is 2.95 bits per heavy atom. The van der Waals surface area contributed by atoms with E-state index in [0.29, 0.717) is 0 Å². The third-order valence-electron chi connectivity index (χ3n) is 3.57. The van der Waals surface area contributed by atoms with Gasteiger partial charge in [-0.3, -0.25) is 4.99 Å². The van der Waals surface area contributed by atoms with E-state index in [-0.39, 0.29) is 0 Å². The molecule has 0 radical (unpaired) electrons. The second kappa shape index (κ2) is 9.38. The molecule has 0 aliphatic heterocycles. The number of ether oxygens (including phenoxy) is 1. The quantitative estimate of drug-likeness (QED) is 0.425. The van der Waals surface area contributed by atoms with Crippen LogP contribution in [-0.2, 0) is 11.2 Å². The molecule has 0 saturated heterocycles. The fraction of sp³-hybridized carbons (Fsp3) is 0.688. The molecule has 0 amide bonds. The van der Waals surface area contributed by atoms with Crippen molar-refractivity contribution in [2.75, 3.05) is 39.9 Å². The molecule has 0 bridgehead atoms. The van der Waals surface area contributed by atoms with Crippen LogP contribution in [0, 0.1) is 5.92 Å². The first kappa shape index (κ1) is 17.6. The zero-order valence-electron chi connectivity index (χ0n) is 13.5. The zero-order valence-corrected chi connectivity index (χ0v) is 15.1. The number of guanidine groups is 1. The number of thiophene rings is 1. The van der Waals surface area contributed by atoms with Crippen LogP contribution in [0.15, 0.2) is 17.1 Å². The van der Waals surface area contributed by atoms with Crippen LogP contribution >= 0.6 is 22.9 Å². The molecule has 0 spiro atoms. The molecule has 1 N–H and O–H groups in total. The van der Waals surface area contributed by atoms with Crippen LogP contribution in [0.3, 0.4) is 0 Å². The van der Waals surface area contributed by atoms with Crippen LogP contribution in [0.25, 0.3) is 0 Å². The molecule has 1 aromatic heterocycles. The van der Waals surface area contributed by atoms with Crippen molar-refractivity contribution in [2.45, 2.75) is 26.2 Å². The summed E-state index contributed by atoms with van der Waals surface area (Å²) in [5.41, 5.74) is 0. The molecule has 22 heavy (non-hydrogen) atoms. The van der Waals surface area contributed by atoms with Crippen LogP contribution in [0.5, 0.6) is 0 Å². The molecular weight excluding hydrogens is 318 g/mol. The fourth-order valence-electron chi connectivity index (χ4n) is 2.07. The van der Waals surface area contributed by atoms with Gasteiger partial charge in [0.1, 0.15) is 0 Å². The molecule has 0 unspecified atom stereocenters. The zero-order chi connectivity index (χ0) is 15.8. The molecule has 1 heterocycles. The Bertz CT molecular complexity index is 474. The summed E-state index contributed by atoms with van der Waals surface area (Å²) in [6, 6.07) is 4.02. The van der Waals surface area contributed by atoms with Gasteiger partial charge in [0, 0.05) is 44.6 Å². The van der Waals surface area contributed by atoms with Crippen molar-refractivity contribution in [2.24, 2.45) is 10.9 Å². The highest BCUT2D eigenvalue weighted by molar-refractivity contribution is 7.16. The second-order valence-corrected chi connectivity index (χ2v) is 7.43. The van der Waals surface area contributed by atoms with Gasteiger partial charge in [-0.1, -0.05) is 11.6 Å². The summed E-state index contributed by atoms with van der Waals surface area (Å²) >= 11 is 7.58. The summed E-state index contributed by atoms with van der Waals surface area (Å²) in [4.78, 5) is 8.10. The Labute approximate surface area is 142 Å². The number of nitrogens with one attached hydrogen (secondary N) is 1. The predicted octanol–water partition coefficient (Wildman–Crippen LogP) is 3.27. The topological polar surface area (TPSA) is 36.9 Å². The summed E-state index contributed by atoms with van der Waals surface area (Å²) in [6.45, 7) is 6.28. The van der Waals surface area contributed by atoms with Crippen molar-refractivity contribution in [3.63, 3.8) is 0 Å². The van der Waals surface area contributed by atoms with Crippen LogP contribution in [0.2, 0.25) is 4.34 Å². The molecule has 1 fully saturated rings. The largest absolute Gasteiger partial charge is 0.379 e. The summed E-state index contributed by atoms with van der Waals surface area (Å²) in [6.07, 6.45) is 3.61. The molecule has 6 heteroatoms. The van der Waals surface area contributed by atoms with Gasteiger partial charge in [0.15, 0.2) is 5.96 Å². The molecule has 0 atom stereocenters. The van der Waals surface area contributed by atoms with Gasteiger partial charge in [0.05, 0.1) is 10.9 Å². The summed E-state index contributed by atoms with van der Waals surface area (Å²) in [7, 11) is 2.06. The lowest BCUT2D eigenvalue weighted by Crippen LogP contribution is -2.40. The van der Waals surface area contributed by atoms with Gasteiger partial charge in [-0.05, 0) is 37.8 Å². The van der Waals surface area contributed by atoms with Crippen molar-refractivity contribution in [3.8, 4) is 0 Å². The molecular formula is C16H26ClN3OS.